The van der Waals surface area contributed by atoms with Gasteiger partial charge in [0, 0.05) is 25.9 Å². The Bertz CT molecular complexity index is 773. The average Bonchev–Trinajstić information content (AvgIpc) is 2.43. The molecular formula is C14H16Cl6N2O2. The Morgan fingerprint density at radius 2 is 1.00 bits per heavy atom. The SMILES string of the molecule is CC(/C=c1/c(=O)n(C)/c(=C/C(C)C(Cl)(Cl)Cl)c(=O)n1C)C(Cl)(Cl)Cl. The van der Waals surface area contributed by atoms with Crippen LogP contribution in [0.5, 0.6) is 0 Å². The molecule has 0 saturated heterocycles. The third-order valence-electron chi connectivity index (χ3n) is 3.62. The number of halogens is 6. The van der Waals surface area contributed by atoms with Gasteiger partial charge in [0.15, 0.2) is 7.59 Å². The lowest BCUT2D eigenvalue weighted by atomic mass is 10.2. The topological polar surface area (TPSA) is 44.0 Å². The van der Waals surface area contributed by atoms with Gasteiger partial charge in [-0.1, -0.05) is 83.5 Å². The van der Waals surface area contributed by atoms with E-state index in [0.29, 0.717) is 0 Å². The first kappa shape index (κ1) is 22.2. The second kappa shape index (κ2) is 7.81. The first-order chi connectivity index (χ1) is 10.7. The molecule has 0 aromatic carbocycles. The van der Waals surface area contributed by atoms with Gasteiger partial charge < -0.3 is 9.13 Å². The Hall–Kier alpha value is 0.160. The van der Waals surface area contributed by atoms with Gasteiger partial charge in [-0.2, -0.15) is 0 Å². The van der Waals surface area contributed by atoms with Gasteiger partial charge in [-0.15, -0.1) is 0 Å². The van der Waals surface area contributed by atoms with Crippen molar-refractivity contribution in [2.24, 2.45) is 25.9 Å². The van der Waals surface area contributed by atoms with Gasteiger partial charge in [0.05, 0.1) is 0 Å². The van der Waals surface area contributed by atoms with Crippen molar-refractivity contribution in [3.63, 3.8) is 0 Å². The predicted octanol–water partition coefficient (Wildman–Crippen LogP) is 2.66. The van der Waals surface area contributed by atoms with Crippen molar-refractivity contribution in [3.05, 3.63) is 31.4 Å². The van der Waals surface area contributed by atoms with Crippen LogP contribution < -0.4 is 21.8 Å². The van der Waals surface area contributed by atoms with E-state index in [1.807, 2.05) is 0 Å². The van der Waals surface area contributed by atoms with Gasteiger partial charge in [-0.3, -0.25) is 9.59 Å². The summed E-state index contributed by atoms with van der Waals surface area (Å²) in [5.41, 5.74) is -0.859. The molecule has 10 heteroatoms. The van der Waals surface area contributed by atoms with E-state index in [1.54, 1.807) is 13.8 Å². The smallest absolute Gasteiger partial charge is 0.274 e. The zero-order chi connectivity index (χ0) is 19.0. The van der Waals surface area contributed by atoms with Gasteiger partial charge in [0.25, 0.3) is 11.1 Å². The zero-order valence-corrected chi connectivity index (χ0v) is 17.8. The molecule has 0 radical (unpaired) electrons. The number of alkyl halides is 6. The lowest BCUT2D eigenvalue weighted by Crippen LogP contribution is -2.57. The van der Waals surface area contributed by atoms with E-state index < -0.39 is 30.5 Å². The summed E-state index contributed by atoms with van der Waals surface area (Å²) in [5, 5.41) is 0.222. The Balaban J connectivity index is 3.78. The summed E-state index contributed by atoms with van der Waals surface area (Å²) in [5.74, 6) is -1.17. The molecule has 0 spiro atoms. The van der Waals surface area contributed by atoms with E-state index in [1.165, 1.54) is 35.4 Å². The van der Waals surface area contributed by atoms with E-state index >= 15 is 0 Å². The second-order valence-corrected chi connectivity index (χ2v) is 10.2. The third kappa shape index (κ3) is 5.09. The van der Waals surface area contributed by atoms with Crippen molar-refractivity contribution in [3.8, 4) is 0 Å². The van der Waals surface area contributed by atoms with E-state index in [9.17, 15) is 9.59 Å². The standard InChI is InChI=1S/C14H16Cl6N2O2/c1-7(13(15,16)17)5-9-11(23)22(4)10(12(24)21(9)3)6-8(2)14(18,19)20/h5-8H,1-4H3/b9-5-,10-6+. The van der Waals surface area contributed by atoms with Crippen molar-refractivity contribution < 1.29 is 0 Å². The van der Waals surface area contributed by atoms with Gasteiger partial charge in [0.1, 0.15) is 10.7 Å². The second-order valence-electron chi connectivity index (χ2n) is 5.49. The number of hydrogen-bond donors (Lipinski definition) is 0. The fraction of sp³-hybridized carbons (Fsp3) is 0.571. The summed E-state index contributed by atoms with van der Waals surface area (Å²) >= 11 is 34.9. The molecule has 136 valence electrons. The largest absolute Gasteiger partial charge is 0.306 e. The van der Waals surface area contributed by atoms with Crippen LogP contribution in [0.15, 0.2) is 9.59 Å². The maximum absolute atomic E-state index is 12.6. The predicted molar refractivity (Wildman–Crippen MR) is 104 cm³/mol. The van der Waals surface area contributed by atoms with E-state index in [-0.39, 0.29) is 10.7 Å². The molecule has 2 unspecified atom stereocenters. The van der Waals surface area contributed by atoms with Crippen LogP contribution in [0.25, 0.3) is 12.2 Å². The molecule has 0 saturated carbocycles. The summed E-state index contributed by atoms with van der Waals surface area (Å²) < 4.78 is -0.829. The molecule has 0 aliphatic heterocycles. The molecule has 1 aromatic rings. The molecule has 0 aliphatic rings. The Morgan fingerprint density at radius 1 is 0.750 bits per heavy atom. The third-order valence-corrected chi connectivity index (χ3v) is 5.68. The maximum Gasteiger partial charge on any atom is 0.274 e. The molecule has 0 bridgehead atoms. The maximum atomic E-state index is 12.6. The molecule has 1 rings (SSSR count). The van der Waals surface area contributed by atoms with E-state index in [0.717, 1.165) is 0 Å². The number of rotatable bonds is 2. The quantitative estimate of drug-likeness (QED) is 0.642. The van der Waals surface area contributed by atoms with Gasteiger partial charge in [-0.05, 0) is 12.2 Å². The summed E-state index contributed by atoms with van der Waals surface area (Å²) in [6, 6.07) is 0. The van der Waals surface area contributed by atoms with E-state index in [4.69, 9.17) is 69.6 Å². The Labute approximate surface area is 169 Å². The summed E-state index contributed by atoms with van der Waals surface area (Å²) in [6.45, 7) is 3.25. The van der Waals surface area contributed by atoms with Crippen LogP contribution in [0, 0.1) is 11.8 Å². The highest BCUT2D eigenvalue weighted by atomic mass is 35.6. The van der Waals surface area contributed by atoms with Crippen LogP contribution in [-0.2, 0) is 14.1 Å². The summed E-state index contributed by atoms with van der Waals surface area (Å²) in [4.78, 5) is 25.2. The molecule has 0 aliphatic carbocycles. The average molecular weight is 457 g/mol. The number of nitrogens with zero attached hydrogens (tertiary/aromatic N) is 2. The number of aromatic nitrogens is 2. The highest BCUT2D eigenvalue weighted by molar-refractivity contribution is 6.68. The molecule has 4 nitrogen and oxygen atoms in total. The van der Waals surface area contributed by atoms with Crippen LogP contribution in [0.3, 0.4) is 0 Å². The van der Waals surface area contributed by atoms with Crippen LogP contribution in [0.1, 0.15) is 13.8 Å². The molecule has 1 heterocycles. The molecule has 0 N–H and O–H groups in total. The number of hydrogen-bond acceptors (Lipinski definition) is 2. The molecular weight excluding hydrogens is 441 g/mol. The molecule has 0 amide bonds. The van der Waals surface area contributed by atoms with Crippen LogP contribution in [0.4, 0.5) is 0 Å². The fourth-order valence-electron chi connectivity index (χ4n) is 1.88. The van der Waals surface area contributed by atoms with Crippen molar-refractivity contribution in [2.45, 2.75) is 21.4 Å². The lowest BCUT2D eigenvalue weighted by Gasteiger charge is -2.17. The minimum Gasteiger partial charge on any atom is -0.306 e. The van der Waals surface area contributed by atoms with Crippen molar-refractivity contribution in [1.82, 2.24) is 9.13 Å². The summed E-state index contributed by atoms with van der Waals surface area (Å²) in [6.07, 6.45) is 2.89. The Morgan fingerprint density at radius 3 is 1.21 bits per heavy atom. The minimum atomic E-state index is -1.60. The monoisotopic (exact) mass is 454 g/mol. The summed E-state index contributed by atoms with van der Waals surface area (Å²) in [7, 11) is 2.91. The van der Waals surface area contributed by atoms with Crippen molar-refractivity contribution in [2.75, 3.05) is 0 Å². The normalized spacial score (nSPS) is 17.2. The first-order valence-electron chi connectivity index (χ1n) is 6.81. The highest BCUT2D eigenvalue weighted by Gasteiger charge is 2.28. The van der Waals surface area contributed by atoms with Gasteiger partial charge in [0.2, 0.25) is 0 Å². The first-order valence-corrected chi connectivity index (χ1v) is 9.07. The minimum absolute atomic E-state index is 0.111. The highest BCUT2D eigenvalue weighted by Crippen LogP contribution is 2.36. The van der Waals surface area contributed by atoms with Crippen LogP contribution >= 0.6 is 69.6 Å². The molecule has 24 heavy (non-hydrogen) atoms. The van der Waals surface area contributed by atoms with Crippen molar-refractivity contribution in [1.29, 1.82) is 0 Å². The molecule has 2 atom stereocenters. The van der Waals surface area contributed by atoms with E-state index in [2.05, 4.69) is 0 Å². The Kier molecular flexibility index (Phi) is 7.22. The molecule has 1 aromatic heterocycles. The molecule has 0 fully saturated rings. The van der Waals surface area contributed by atoms with Crippen LogP contribution in [-0.4, -0.2) is 16.7 Å². The van der Waals surface area contributed by atoms with Gasteiger partial charge in [-0.25, -0.2) is 0 Å². The lowest BCUT2D eigenvalue weighted by molar-refractivity contribution is 0.675. The zero-order valence-electron chi connectivity index (χ0n) is 13.3. The van der Waals surface area contributed by atoms with Gasteiger partial charge >= 0.3 is 0 Å². The van der Waals surface area contributed by atoms with Crippen molar-refractivity contribution >= 4 is 81.8 Å². The van der Waals surface area contributed by atoms with Crippen LogP contribution in [0.2, 0.25) is 0 Å². The fourth-order valence-corrected chi connectivity index (χ4v) is 2.26.